The van der Waals surface area contributed by atoms with Crippen molar-refractivity contribution in [3.63, 3.8) is 0 Å². The summed E-state index contributed by atoms with van der Waals surface area (Å²) in [7, 11) is 0. The van der Waals surface area contributed by atoms with Crippen LogP contribution < -0.4 is 4.74 Å². The zero-order valence-electron chi connectivity index (χ0n) is 13.7. The molecule has 3 rings (SSSR count). The Labute approximate surface area is 143 Å². The lowest BCUT2D eigenvalue weighted by molar-refractivity contribution is -0.137. The summed E-state index contributed by atoms with van der Waals surface area (Å²) in [5.41, 5.74) is 0. The molecule has 0 N–H and O–H groups in total. The number of halogens is 1. The topological polar surface area (TPSA) is 32.8 Å². The maximum atomic E-state index is 12.6. The second-order valence-electron chi connectivity index (χ2n) is 6.64. The number of hydrogen-bond donors (Lipinski definition) is 0. The predicted octanol–water partition coefficient (Wildman–Crippen LogP) is 3.05. The van der Waals surface area contributed by atoms with E-state index in [0.717, 1.165) is 38.5 Å². The molecule has 1 aromatic carbocycles. The minimum absolute atomic E-state index is 0.0678. The van der Waals surface area contributed by atoms with Crippen molar-refractivity contribution in [2.24, 2.45) is 5.92 Å². The van der Waals surface area contributed by atoms with Crippen LogP contribution in [0, 0.1) is 5.92 Å². The number of hydrogen-bond acceptors (Lipinski definition) is 3. The van der Waals surface area contributed by atoms with Gasteiger partial charge in [0.2, 0.25) is 0 Å². The summed E-state index contributed by atoms with van der Waals surface area (Å²) in [6.07, 6.45) is 3.32. The molecule has 1 heterocycles. The normalized spacial score (nSPS) is 20.9. The molecule has 1 aliphatic carbocycles. The third-order valence-corrected chi connectivity index (χ3v) is 4.81. The highest BCUT2D eigenvalue weighted by Crippen LogP contribution is 2.30. The molecular formula is C18H25ClN2O2. The van der Waals surface area contributed by atoms with Crippen molar-refractivity contribution in [3.05, 3.63) is 29.3 Å². The second kappa shape index (κ2) is 7.54. The van der Waals surface area contributed by atoms with Crippen LogP contribution in [-0.4, -0.2) is 54.5 Å². The standard InChI is InChI=1S/C18H25ClN2O2/c1-14(23-17-5-2-4-16(19)12-17)18(22)21-9-3-8-20(10-11-21)13-15-6-7-15/h2,4-5,12,14-15H,3,6-11,13H2,1H3. The highest BCUT2D eigenvalue weighted by Gasteiger charge is 2.28. The lowest BCUT2D eigenvalue weighted by atomic mass is 10.3. The molecule has 1 saturated heterocycles. The highest BCUT2D eigenvalue weighted by molar-refractivity contribution is 6.30. The van der Waals surface area contributed by atoms with Crippen molar-refractivity contribution < 1.29 is 9.53 Å². The molecule has 1 saturated carbocycles. The summed E-state index contributed by atoms with van der Waals surface area (Å²) < 4.78 is 5.76. The van der Waals surface area contributed by atoms with Gasteiger partial charge in [0.15, 0.2) is 6.10 Å². The smallest absolute Gasteiger partial charge is 0.263 e. The Balaban J connectivity index is 1.52. The molecule has 1 amide bonds. The predicted molar refractivity (Wildman–Crippen MR) is 91.9 cm³/mol. The van der Waals surface area contributed by atoms with Crippen molar-refractivity contribution in [2.45, 2.75) is 32.3 Å². The summed E-state index contributed by atoms with van der Waals surface area (Å²) in [6.45, 7) is 6.72. The maximum Gasteiger partial charge on any atom is 0.263 e. The number of rotatable bonds is 5. The van der Waals surface area contributed by atoms with Crippen LogP contribution in [0.4, 0.5) is 0 Å². The Kier molecular flexibility index (Phi) is 5.44. The van der Waals surface area contributed by atoms with E-state index in [1.807, 2.05) is 24.0 Å². The van der Waals surface area contributed by atoms with Crippen molar-refractivity contribution in [1.82, 2.24) is 9.80 Å². The number of carbonyl (C=O) groups excluding carboxylic acids is 1. The first-order valence-electron chi connectivity index (χ1n) is 8.55. The molecule has 0 radical (unpaired) electrons. The van der Waals surface area contributed by atoms with E-state index >= 15 is 0 Å². The third-order valence-electron chi connectivity index (χ3n) is 4.57. The van der Waals surface area contributed by atoms with E-state index in [9.17, 15) is 4.79 Å². The van der Waals surface area contributed by atoms with E-state index in [2.05, 4.69) is 4.90 Å². The van der Waals surface area contributed by atoms with Crippen molar-refractivity contribution in [3.8, 4) is 5.75 Å². The summed E-state index contributed by atoms with van der Waals surface area (Å²) in [5.74, 6) is 1.61. The van der Waals surface area contributed by atoms with Crippen LogP contribution in [0.1, 0.15) is 26.2 Å². The second-order valence-corrected chi connectivity index (χ2v) is 7.08. The van der Waals surface area contributed by atoms with Crippen LogP contribution in [0.2, 0.25) is 5.02 Å². The molecule has 0 aromatic heterocycles. The van der Waals surface area contributed by atoms with Crippen molar-refractivity contribution in [1.29, 1.82) is 0 Å². The Bertz CT molecular complexity index is 548. The third kappa shape index (κ3) is 4.85. The number of benzene rings is 1. The van der Waals surface area contributed by atoms with Crippen molar-refractivity contribution in [2.75, 3.05) is 32.7 Å². The molecule has 4 nitrogen and oxygen atoms in total. The van der Waals surface area contributed by atoms with Gasteiger partial charge >= 0.3 is 0 Å². The lowest BCUT2D eigenvalue weighted by Crippen LogP contribution is -2.42. The van der Waals surface area contributed by atoms with Crippen LogP contribution in [0.5, 0.6) is 5.75 Å². The molecular weight excluding hydrogens is 312 g/mol. The van der Waals surface area contributed by atoms with E-state index in [1.165, 1.54) is 19.4 Å². The number of carbonyl (C=O) groups is 1. The van der Waals surface area contributed by atoms with E-state index in [4.69, 9.17) is 16.3 Å². The van der Waals surface area contributed by atoms with Gasteiger partial charge in [-0.3, -0.25) is 4.79 Å². The van der Waals surface area contributed by atoms with Gasteiger partial charge < -0.3 is 14.5 Å². The fraction of sp³-hybridized carbons (Fsp3) is 0.611. The quantitative estimate of drug-likeness (QED) is 0.828. The summed E-state index contributed by atoms with van der Waals surface area (Å²) >= 11 is 5.96. The van der Waals surface area contributed by atoms with Gasteiger partial charge in [-0.05, 0) is 56.8 Å². The molecule has 126 valence electrons. The first-order valence-corrected chi connectivity index (χ1v) is 8.93. The molecule has 2 aliphatic rings. The molecule has 0 bridgehead atoms. The van der Waals surface area contributed by atoms with Gasteiger partial charge in [-0.25, -0.2) is 0 Å². The zero-order valence-corrected chi connectivity index (χ0v) is 14.5. The summed E-state index contributed by atoms with van der Waals surface area (Å²) in [4.78, 5) is 17.1. The Morgan fingerprint density at radius 3 is 2.87 bits per heavy atom. The molecule has 23 heavy (non-hydrogen) atoms. The van der Waals surface area contributed by atoms with Gasteiger partial charge in [0.25, 0.3) is 5.91 Å². The summed E-state index contributed by atoms with van der Waals surface area (Å²) in [5, 5.41) is 0.618. The number of nitrogens with zero attached hydrogens (tertiary/aromatic N) is 2. The monoisotopic (exact) mass is 336 g/mol. The van der Waals surface area contributed by atoms with Gasteiger partial charge in [0.1, 0.15) is 5.75 Å². The fourth-order valence-electron chi connectivity index (χ4n) is 3.09. The van der Waals surface area contributed by atoms with Crippen LogP contribution in [0.3, 0.4) is 0 Å². The molecule has 5 heteroatoms. The fourth-order valence-corrected chi connectivity index (χ4v) is 3.27. The van der Waals surface area contributed by atoms with Gasteiger partial charge in [0.05, 0.1) is 0 Å². The summed E-state index contributed by atoms with van der Waals surface area (Å²) in [6, 6.07) is 7.20. The SMILES string of the molecule is CC(Oc1cccc(Cl)c1)C(=O)N1CCCN(CC2CC2)CC1. The van der Waals surface area contributed by atoms with Crippen LogP contribution >= 0.6 is 11.6 Å². The largest absolute Gasteiger partial charge is 0.481 e. The van der Waals surface area contributed by atoms with Crippen molar-refractivity contribution >= 4 is 17.5 Å². The van der Waals surface area contributed by atoms with Gasteiger partial charge in [-0.1, -0.05) is 17.7 Å². The lowest BCUT2D eigenvalue weighted by Gasteiger charge is -2.25. The van der Waals surface area contributed by atoms with Gasteiger partial charge in [-0.15, -0.1) is 0 Å². The molecule has 1 aromatic rings. The van der Waals surface area contributed by atoms with Crippen LogP contribution in [0.15, 0.2) is 24.3 Å². The van der Waals surface area contributed by atoms with E-state index in [-0.39, 0.29) is 5.91 Å². The Hall–Kier alpha value is -1.26. The Morgan fingerprint density at radius 2 is 2.13 bits per heavy atom. The van der Waals surface area contributed by atoms with E-state index < -0.39 is 6.10 Å². The maximum absolute atomic E-state index is 12.6. The molecule has 1 atom stereocenters. The molecule has 1 aliphatic heterocycles. The average molecular weight is 337 g/mol. The number of ether oxygens (including phenoxy) is 1. The molecule has 1 unspecified atom stereocenters. The van der Waals surface area contributed by atoms with Crippen LogP contribution in [-0.2, 0) is 4.79 Å². The molecule has 0 spiro atoms. The zero-order chi connectivity index (χ0) is 16.2. The van der Waals surface area contributed by atoms with Crippen LogP contribution in [0.25, 0.3) is 0 Å². The first-order chi connectivity index (χ1) is 11.1. The highest BCUT2D eigenvalue weighted by atomic mass is 35.5. The first kappa shape index (κ1) is 16.6. The van der Waals surface area contributed by atoms with E-state index in [1.54, 1.807) is 12.1 Å². The minimum Gasteiger partial charge on any atom is -0.481 e. The average Bonchev–Trinajstić information content (AvgIpc) is 3.34. The number of amides is 1. The molecule has 2 fully saturated rings. The van der Waals surface area contributed by atoms with Gasteiger partial charge in [-0.2, -0.15) is 0 Å². The Morgan fingerprint density at radius 1 is 1.30 bits per heavy atom. The van der Waals surface area contributed by atoms with E-state index in [0.29, 0.717) is 10.8 Å². The van der Waals surface area contributed by atoms with Gasteiger partial charge in [0, 0.05) is 31.2 Å². The minimum atomic E-state index is -0.483.